The molecular weight excluding hydrogens is 374 g/mol. The van der Waals surface area contributed by atoms with E-state index in [1.54, 1.807) is 24.3 Å². The molecule has 0 spiro atoms. The predicted octanol–water partition coefficient (Wildman–Crippen LogP) is 3.48. The third kappa shape index (κ3) is 4.82. The average Bonchev–Trinajstić information content (AvgIpc) is 3.18. The molecule has 0 aromatic heterocycles. The first-order valence-electron chi connectivity index (χ1n) is 10.2. The van der Waals surface area contributed by atoms with Crippen molar-refractivity contribution in [3.05, 3.63) is 71.3 Å². The minimum Gasteiger partial charge on any atom is -0.378 e. The molecule has 0 radical (unpaired) electrons. The summed E-state index contributed by atoms with van der Waals surface area (Å²) < 4.78 is 31.9. The van der Waals surface area contributed by atoms with Gasteiger partial charge < -0.3 is 15.0 Å². The smallest absolute Gasteiger partial charge is 0.226 e. The number of nitrogens with zero attached hydrogens (tertiary/aromatic N) is 1. The summed E-state index contributed by atoms with van der Waals surface area (Å²) in [5, 5.41) is 3.52. The summed E-state index contributed by atoms with van der Waals surface area (Å²) in [6, 6.07) is 13.1. The van der Waals surface area contributed by atoms with Crippen LogP contribution in [0.5, 0.6) is 0 Å². The summed E-state index contributed by atoms with van der Waals surface area (Å²) in [6.07, 6.45) is 1.55. The zero-order chi connectivity index (χ0) is 20.2. The number of ether oxygens (including phenoxy) is 1. The van der Waals surface area contributed by atoms with Gasteiger partial charge in [0.25, 0.3) is 0 Å². The van der Waals surface area contributed by atoms with Gasteiger partial charge >= 0.3 is 0 Å². The maximum Gasteiger partial charge on any atom is 0.226 e. The lowest BCUT2D eigenvalue weighted by Gasteiger charge is -2.31. The van der Waals surface area contributed by atoms with Crippen LogP contribution in [0.15, 0.2) is 48.5 Å². The van der Waals surface area contributed by atoms with Crippen molar-refractivity contribution < 1.29 is 18.3 Å². The number of halogens is 2. The number of rotatable bonds is 5. The molecule has 154 valence electrons. The zero-order valence-corrected chi connectivity index (χ0v) is 16.3. The van der Waals surface area contributed by atoms with Crippen LogP contribution in [0.3, 0.4) is 0 Å². The Morgan fingerprint density at radius 3 is 2.24 bits per heavy atom. The second-order valence-electron chi connectivity index (χ2n) is 7.88. The van der Waals surface area contributed by atoms with E-state index in [1.165, 1.54) is 24.3 Å². The second-order valence-corrected chi connectivity index (χ2v) is 7.88. The Hall–Kier alpha value is -2.31. The normalized spacial score (nSPS) is 24.6. The van der Waals surface area contributed by atoms with Crippen LogP contribution >= 0.6 is 0 Å². The standard InChI is InChI=1S/C23H26F2N2O2/c24-18-5-1-16(2-6-18)15-26-20-13-21(17-3-7-19(25)8-4-17)22(14-20)23(28)27-9-11-29-12-10-27/h1-8,20-22,26H,9-15H2/t20-,21+,22-/m0/s1. The quantitative estimate of drug-likeness (QED) is 0.836. The maximum absolute atomic E-state index is 13.4. The minimum absolute atomic E-state index is 0.0525. The third-order valence-electron chi connectivity index (χ3n) is 6.01. The Bertz CT molecular complexity index is 820. The number of benzene rings is 2. The molecule has 0 unspecified atom stereocenters. The molecule has 2 aliphatic rings. The highest BCUT2D eigenvalue weighted by Crippen LogP contribution is 2.41. The van der Waals surface area contributed by atoms with Gasteiger partial charge in [-0.2, -0.15) is 0 Å². The molecule has 3 atom stereocenters. The zero-order valence-electron chi connectivity index (χ0n) is 16.3. The van der Waals surface area contributed by atoms with E-state index in [9.17, 15) is 13.6 Å². The number of nitrogens with one attached hydrogen (secondary N) is 1. The number of morpholine rings is 1. The Kier molecular flexibility index (Phi) is 6.21. The third-order valence-corrected chi connectivity index (χ3v) is 6.01. The highest BCUT2D eigenvalue weighted by atomic mass is 19.1. The molecule has 0 bridgehead atoms. The van der Waals surface area contributed by atoms with Crippen molar-refractivity contribution in [1.29, 1.82) is 0 Å². The SMILES string of the molecule is O=C([C@H]1C[C@@H](NCc2ccc(F)cc2)C[C@@H]1c1ccc(F)cc1)N1CCOCC1. The summed E-state index contributed by atoms with van der Waals surface area (Å²) in [5.41, 5.74) is 2.01. The van der Waals surface area contributed by atoms with E-state index >= 15 is 0 Å². The molecule has 2 aromatic carbocycles. The first-order valence-corrected chi connectivity index (χ1v) is 10.2. The summed E-state index contributed by atoms with van der Waals surface area (Å²) in [4.78, 5) is 15.1. The maximum atomic E-state index is 13.4. The lowest BCUT2D eigenvalue weighted by molar-refractivity contribution is -0.140. The van der Waals surface area contributed by atoms with Crippen LogP contribution in [0.4, 0.5) is 8.78 Å². The monoisotopic (exact) mass is 400 g/mol. The first-order chi connectivity index (χ1) is 14.1. The van der Waals surface area contributed by atoms with E-state index in [-0.39, 0.29) is 35.4 Å². The molecule has 4 rings (SSSR count). The van der Waals surface area contributed by atoms with E-state index in [4.69, 9.17) is 4.74 Å². The molecule has 1 saturated carbocycles. The van der Waals surface area contributed by atoms with Gasteiger partial charge in [0.2, 0.25) is 5.91 Å². The van der Waals surface area contributed by atoms with Crippen molar-refractivity contribution in [3.63, 3.8) is 0 Å². The number of carbonyl (C=O) groups is 1. The summed E-state index contributed by atoms with van der Waals surface area (Å²) in [7, 11) is 0. The van der Waals surface area contributed by atoms with Crippen molar-refractivity contribution in [2.45, 2.75) is 31.3 Å². The fourth-order valence-electron chi connectivity index (χ4n) is 4.44. The average molecular weight is 400 g/mol. The van der Waals surface area contributed by atoms with Crippen molar-refractivity contribution in [3.8, 4) is 0 Å². The number of hydrogen-bond acceptors (Lipinski definition) is 3. The number of amides is 1. The van der Waals surface area contributed by atoms with Crippen molar-refractivity contribution >= 4 is 5.91 Å². The van der Waals surface area contributed by atoms with Gasteiger partial charge in [-0.3, -0.25) is 4.79 Å². The van der Waals surface area contributed by atoms with E-state index in [0.717, 1.165) is 24.0 Å². The first kappa shape index (κ1) is 20.0. The second kappa shape index (κ2) is 9.01. The van der Waals surface area contributed by atoms with Gasteiger partial charge in [0.15, 0.2) is 0 Å². The number of carbonyl (C=O) groups excluding carboxylic acids is 1. The molecule has 1 saturated heterocycles. The highest BCUT2D eigenvalue weighted by molar-refractivity contribution is 5.80. The topological polar surface area (TPSA) is 41.6 Å². The van der Waals surface area contributed by atoms with Crippen molar-refractivity contribution in [2.24, 2.45) is 5.92 Å². The van der Waals surface area contributed by atoms with Crippen LogP contribution in [0.1, 0.15) is 29.9 Å². The Labute approximate surface area is 169 Å². The molecule has 1 aliphatic heterocycles. The van der Waals surface area contributed by atoms with Crippen LogP contribution in [0, 0.1) is 17.6 Å². The van der Waals surface area contributed by atoms with Crippen LogP contribution in [0.2, 0.25) is 0 Å². The van der Waals surface area contributed by atoms with Gasteiger partial charge in [-0.1, -0.05) is 24.3 Å². The van der Waals surface area contributed by atoms with Gasteiger partial charge in [0, 0.05) is 31.6 Å². The van der Waals surface area contributed by atoms with Crippen LogP contribution < -0.4 is 5.32 Å². The molecule has 1 N–H and O–H groups in total. The number of hydrogen-bond donors (Lipinski definition) is 1. The lowest BCUT2D eigenvalue weighted by Crippen LogP contribution is -2.44. The Balaban J connectivity index is 1.48. The largest absolute Gasteiger partial charge is 0.378 e. The van der Waals surface area contributed by atoms with Crippen molar-refractivity contribution in [2.75, 3.05) is 26.3 Å². The van der Waals surface area contributed by atoms with Crippen LogP contribution in [-0.2, 0) is 16.1 Å². The molecule has 1 aliphatic carbocycles. The van der Waals surface area contributed by atoms with E-state index in [2.05, 4.69) is 5.32 Å². The molecule has 6 heteroatoms. The molecule has 2 fully saturated rings. The fraction of sp³-hybridized carbons (Fsp3) is 0.435. The van der Waals surface area contributed by atoms with Gasteiger partial charge in [0.1, 0.15) is 11.6 Å². The van der Waals surface area contributed by atoms with Crippen LogP contribution in [0.25, 0.3) is 0 Å². The minimum atomic E-state index is -0.270. The Morgan fingerprint density at radius 1 is 0.966 bits per heavy atom. The molecule has 1 amide bonds. The Morgan fingerprint density at radius 2 is 1.59 bits per heavy atom. The van der Waals surface area contributed by atoms with Gasteiger partial charge in [-0.25, -0.2) is 8.78 Å². The summed E-state index contributed by atoms with van der Waals surface area (Å²) in [6.45, 7) is 3.02. The molecule has 2 aromatic rings. The van der Waals surface area contributed by atoms with Gasteiger partial charge in [0.05, 0.1) is 13.2 Å². The van der Waals surface area contributed by atoms with Gasteiger partial charge in [-0.15, -0.1) is 0 Å². The molecular formula is C23H26F2N2O2. The van der Waals surface area contributed by atoms with E-state index in [0.29, 0.717) is 32.8 Å². The van der Waals surface area contributed by atoms with Crippen molar-refractivity contribution in [1.82, 2.24) is 10.2 Å². The lowest BCUT2D eigenvalue weighted by atomic mass is 9.88. The van der Waals surface area contributed by atoms with E-state index in [1.807, 2.05) is 4.90 Å². The fourth-order valence-corrected chi connectivity index (χ4v) is 4.44. The molecule has 4 nitrogen and oxygen atoms in total. The van der Waals surface area contributed by atoms with E-state index < -0.39 is 0 Å². The highest BCUT2D eigenvalue weighted by Gasteiger charge is 2.41. The summed E-state index contributed by atoms with van der Waals surface area (Å²) >= 11 is 0. The van der Waals surface area contributed by atoms with Crippen LogP contribution in [-0.4, -0.2) is 43.2 Å². The van der Waals surface area contributed by atoms with Gasteiger partial charge in [-0.05, 0) is 54.2 Å². The predicted molar refractivity (Wildman–Crippen MR) is 106 cm³/mol. The summed E-state index contributed by atoms with van der Waals surface area (Å²) in [5.74, 6) is -0.439. The molecule has 29 heavy (non-hydrogen) atoms. The molecule has 1 heterocycles.